The van der Waals surface area contributed by atoms with Crippen LogP contribution in [0.4, 0.5) is 11.4 Å². The first-order valence-corrected chi connectivity index (χ1v) is 8.69. The third-order valence-electron chi connectivity index (χ3n) is 4.23. The molecule has 28 heavy (non-hydrogen) atoms. The van der Waals surface area contributed by atoms with E-state index in [0.717, 1.165) is 33.7 Å². The van der Waals surface area contributed by atoms with Gasteiger partial charge in [0.15, 0.2) is 0 Å². The standard InChI is InChI=1S/C22H16N4O2/c27-26(28)19-13-7-16(8-14-19)4-3-15-23-18-11-9-17(10-12-18)22-24-20-5-1-2-6-21(20)25-22/h1-15H,(H,24,25)/b4-3+,23-15?. The number of nitrogens with one attached hydrogen (secondary N) is 1. The number of allylic oxidation sites excluding steroid dienone is 1. The molecule has 0 unspecified atom stereocenters. The molecule has 0 amide bonds. The minimum atomic E-state index is -0.413. The van der Waals surface area contributed by atoms with Crippen LogP contribution in [0.2, 0.25) is 0 Å². The Labute approximate surface area is 161 Å². The summed E-state index contributed by atoms with van der Waals surface area (Å²) in [4.78, 5) is 22.5. The fourth-order valence-electron chi connectivity index (χ4n) is 2.79. The molecule has 4 aromatic rings. The topological polar surface area (TPSA) is 84.2 Å². The van der Waals surface area contributed by atoms with Crippen LogP contribution in [-0.4, -0.2) is 21.1 Å². The van der Waals surface area contributed by atoms with Crippen molar-refractivity contribution in [1.82, 2.24) is 9.97 Å². The average molecular weight is 368 g/mol. The fourth-order valence-corrected chi connectivity index (χ4v) is 2.79. The molecule has 0 aliphatic heterocycles. The van der Waals surface area contributed by atoms with Gasteiger partial charge in [0.05, 0.1) is 21.6 Å². The van der Waals surface area contributed by atoms with Crippen LogP contribution in [0.1, 0.15) is 5.56 Å². The van der Waals surface area contributed by atoms with E-state index in [9.17, 15) is 10.1 Å². The number of nitro groups is 1. The zero-order chi connectivity index (χ0) is 19.3. The first-order chi connectivity index (χ1) is 13.7. The van der Waals surface area contributed by atoms with Crippen LogP contribution in [0, 0.1) is 10.1 Å². The number of benzene rings is 3. The fraction of sp³-hybridized carbons (Fsp3) is 0. The molecular weight excluding hydrogens is 352 g/mol. The van der Waals surface area contributed by atoms with Crippen molar-refractivity contribution in [2.24, 2.45) is 4.99 Å². The normalized spacial score (nSPS) is 11.6. The zero-order valence-electron chi connectivity index (χ0n) is 14.8. The Morgan fingerprint density at radius 1 is 0.964 bits per heavy atom. The van der Waals surface area contributed by atoms with Crippen LogP contribution < -0.4 is 0 Å². The van der Waals surface area contributed by atoms with Crippen molar-refractivity contribution >= 4 is 34.7 Å². The van der Waals surface area contributed by atoms with Crippen molar-refractivity contribution in [1.29, 1.82) is 0 Å². The molecule has 1 N–H and O–H groups in total. The number of para-hydroxylation sites is 2. The maximum absolute atomic E-state index is 10.6. The van der Waals surface area contributed by atoms with E-state index in [1.54, 1.807) is 24.4 Å². The van der Waals surface area contributed by atoms with Gasteiger partial charge in [-0.1, -0.05) is 18.2 Å². The van der Waals surface area contributed by atoms with Crippen molar-refractivity contribution in [3.8, 4) is 11.4 Å². The maximum atomic E-state index is 10.6. The Hall–Kier alpha value is -4.06. The second kappa shape index (κ2) is 7.67. The van der Waals surface area contributed by atoms with Gasteiger partial charge in [-0.3, -0.25) is 15.1 Å². The minimum Gasteiger partial charge on any atom is -0.338 e. The van der Waals surface area contributed by atoms with Gasteiger partial charge >= 0.3 is 0 Å². The van der Waals surface area contributed by atoms with Crippen LogP contribution in [-0.2, 0) is 0 Å². The largest absolute Gasteiger partial charge is 0.338 e. The SMILES string of the molecule is O=[N+]([O-])c1ccc(/C=C/C=Nc2ccc(-c3nc4ccccc4[nH]3)cc2)cc1. The second-order valence-electron chi connectivity index (χ2n) is 6.14. The van der Waals surface area contributed by atoms with Gasteiger partial charge in [-0.2, -0.15) is 0 Å². The average Bonchev–Trinajstić information content (AvgIpc) is 3.16. The quantitative estimate of drug-likeness (QED) is 0.284. The molecular formula is C22H16N4O2. The monoisotopic (exact) mass is 368 g/mol. The predicted octanol–water partition coefficient (Wildman–Crippen LogP) is 5.55. The first kappa shape index (κ1) is 17.4. The molecule has 0 saturated carbocycles. The number of nitrogens with zero attached hydrogens (tertiary/aromatic N) is 3. The molecule has 0 radical (unpaired) electrons. The van der Waals surface area contributed by atoms with Crippen molar-refractivity contribution in [3.63, 3.8) is 0 Å². The highest BCUT2D eigenvalue weighted by Crippen LogP contribution is 2.23. The van der Waals surface area contributed by atoms with Crippen LogP contribution in [0.25, 0.3) is 28.5 Å². The lowest BCUT2D eigenvalue weighted by Gasteiger charge is -1.97. The highest BCUT2D eigenvalue weighted by molar-refractivity contribution is 5.81. The van der Waals surface area contributed by atoms with E-state index in [2.05, 4.69) is 15.0 Å². The van der Waals surface area contributed by atoms with Crippen LogP contribution >= 0.6 is 0 Å². The van der Waals surface area contributed by atoms with Crippen molar-refractivity contribution in [2.75, 3.05) is 0 Å². The zero-order valence-corrected chi connectivity index (χ0v) is 14.8. The van der Waals surface area contributed by atoms with Gasteiger partial charge in [-0.05, 0) is 60.2 Å². The third-order valence-corrected chi connectivity index (χ3v) is 4.23. The summed E-state index contributed by atoms with van der Waals surface area (Å²) in [7, 11) is 0. The lowest BCUT2D eigenvalue weighted by atomic mass is 10.2. The molecule has 3 aromatic carbocycles. The summed E-state index contributed by atoms with van der Waals surface area (Å²) in [5.74, 6) is 0.829. The summed E-state index contributed by atoms with van der Waals surface area (Å²) in [5.41, 5.74) is 4.73. The summed E-state index contributed by atoms with van der Waals surface area (Å²) in [5, 5.41) is 10.6. The highest BCUT2D eigenvalue weighted by atomic mass is 16.6. The van der Waals surface area contributed by atoms with E-state index in [1.165, 1.54) is 12.1 Å². The number of aromatic amines is 1. The Morgan fingerprint density at radius 3 is 2.43 bits per heavy atom. The summed E-state index contributed by atoms with van der Waals surface area (Å²) in [6, 6.07) is 22.1. The highest BCUT2D eigenvalue weighted by Gasteiger charge is 2.04. The van der Waals surface area contributed by atoms with Crippen LogP contribution in [0.3, 0.4) is 0 Å². The van der Waals surface area contributed by atoms with E-state index in [4.69, 9.17) is 0 Å². The molecule has 6 heteroatoms. The molecule has 136 valence electrons. The molecule has 0 atom stereocenters. The summed E-state index contributed by atoms with van der Waals surface area (Å²) >= 11 is 0. The van der Waals surface area contributed by atoms with E-state index >= 15 is 0 Å². The summed E-state index contributed by atoms with van der Waals surface area (Å²) < 4.78 is 0. The summed E-state index contributed by atoms with van der Waals surface area (Å²) in [6.45, 7) is 0. The van der Waals surface area contributed by atoms with Gasteiger partial charge in [-0.15, -0.1) is 0 Å². The Bertz CT molecular complexity index is 1140. The number of nitro benzene ring substituents is 1. The van der Waals surface area contributed by atoms with Gasteiger partial charge < -0.3 is 4.98 Å². The van der Waals surface area contributed by atoms with Gasteiger partial charge in [0.25, 0.3) is 5.69 Å². The number of hydrogen-bond donors (Lipinski definition) is 1. The Kier molecular flexibility index (Phi) is 4.76. The maximum Gasteiger partial charge on any atom is 0.269 e. The van der Waals surface area contributed by atoms with Crippen molar-refractivity contribution in [2.45, 2.75) is 0 Å². The van der Waals surface area contributed by atoms with Gasteiger partial charge in [0.2, 0.25) is 0 Å². The molecule has 0 spiro atoms. The molecule has 1 aromatic heterocycles. The first-order valence-electron chi connectivity index (χ1n) is 8.69. The number of H-pyrrole nitrogens is 1. The lowest BCUT2D eigenvalue weighted by molar-refractivity contribution is -0.384. The molecule has 1 heterocycles. The van der Waals surface area contributed by atoms with E-state index in [-0.39, 0.29) is 5.69 Å². The molecule has 0 saturated heterocycles. The number of imidazole rings is 1. The molecule has 0 bridgehead atoms. The number of aromatic nitrogens is 2. The molecule has 0 aliphatic carbocycles. The Balaban J connectivity index is 1.43. The summed E-state index contributed by atoms with van der Waals surface area (Å²) in [6.07, 6.45) is 5.34. The molecule has 6 nitrogen and oxygen atoms in total. The number of rotatable bonds is 5. The van der Waals surface area contributed by atoms with Gasteiger partial charge in [0.1, 0.15) is 5.82 Å². The van der Waals surface area contributed by atoms with Crippen molar-refractivity contribution < 1.29 is 4.92 Å². The lowest BCUT2D eigenvalue weighted by Crippen LogP contribution is -1.86. The van der Waals surface area contributed by atoms with E-state index in [0.29, 0.717) is 0 Å². The van der Waals surface area contributed by atoms with Crippen molar-refractivity contribution in [3.05, 3.63) is 94.6 Å². The number of fused-ring (bicyclic) bond motifs is 1. The molecule has 4 rings (SSSR count). The van der Waals surface area contributed by atoms with E-state index in [1.807, 2.05) is 54.6 Å². The van der Waals surface area contributed by atoms with Crippen LogP contribution in [0.5, 0.6) is 0 Å². The smallest absolute Gasteiger partial charge is 0.269 e. The second-order valence-corrected chi connectivity index (χ2v) is 6.14. The number of aliphatic imine (C=N–C) groups is 1. The van der Waals surface area contributed by atoms with E-state index < -0.39 is 4.92 Å². The third kappa shape index (κ3) is 3.86. The number of non-ortho nitro benzene ring substituents is 1. The van der Waals surface area contributed by atoms with Gasteiger partial charge in [0, 0.05) is 23.9 Å². The molecule has 0 fully saturated rings. The molecule has 0 aliphatic rings. The number of hydrogen-bond acceptors (Lipinski definition) is 4. The minimum absolute atomic E-state index is 0.0790. The van der Waals surface area contributed by atoms with Gasteiger partial charge in [-0.25, -0.2) is 4.98 Å². The predicted molar refractivity (Wildman–Crippen MR) is 112 cm³/mol. The van der Waals surface area contributed by atoms with Crippen LogP contribution in [0.15, 0.2) is 83.9 Å². The Morgan fingerprint density at radius 2 is 1.71 bits per heavy atom.